The minimum absolute atomic E-state index is 0.175. The monoisotopic (exact) mass is 341 g/mol. The lowest BCUT2D eigenvalue weighted by molar-refractivity contribution is -0.122. The first kappa shape index (κ1) is 18.5. The number of hydrogen-bond donors (Lipinski definition) is 1. The van der Waals surface area contributed by atoms with Gasteiger partial charge >= 0.3 is 5.97 Å². The molecule has 1 amide bonds. The van der Waals surface area contributed by atoms with Gasteiger partial charge in [0.1, 0.15) is 5.75 Å². The Labute approximate surface area is 148 Å². The molecule has 0 heterocycles. The highest BCUT2D eigenvalue weighted by Gasteiger charge is 2.15. The van der Waals surface area contributed by atoms with Crippen LogP contribution in [0.25, 0.3) is 0 Å². The van der Waals surface area contributed by atoms with Gasteiger partial charge in [-0.2, -0.15) is 0 Å². The van der Waals surface area contributed by atoms with Crippen molar-refractivity contribution >= 4 is 17.6 Å². The van der Waals surface area contributed by atoms with Gasteiger partial charge in [0.25, 0.3) is 5.91 Å². The van der Waals surface area contributed by atoms with Crippen molar-refractivity contribution in [1.29, 1.82) is 0 Å². The summed E-state index contributed by atoms with van der Waals surface area (Å²) in [4.78, 5) is 24.0. The van der Waals surface area contributed by atoms with Gasteiger partial charge in [0.2, 0.25) is 0 Å². The summed E-state index contributed by atoms with van der Waals surface area (Å²) in [7, 11) is 0. The Balaban J connectivity index is 1.94. The van der Waals surface area contributed by atoms with E-state index in [1.165, 1.54) is 0 Å². The van der Waals surface area contributed by atoms with Crippen LogP contribution in [0.2, 0.25) is 0 Å². The second-order valence-electron chi connectivity index (χ2n) is 6.10. The van der Waals surface area contributed by atoms with Gasteiger partial charge in [0.05, 0.1) is 11.7 Å². The minimum atomic E-state index is -0.646. The summed E-state index contributed by atoms with van der Waals surface area (Å²) in [6.07, 6.45) is -0.820. The molecule has 2 aromatic carbocycles. The summed E-state index contributed by atoms with van der Waals surface area (Å²) in [6.45, 7) is 7.24. The van der Waals surface area contributed by atoms with Gasteiger partial charge in [-0.25, -0.2) is 4.79 Å². The van der Waals surface area contributed by atoms with Crippen molar-refractivity contribution in [3.63, 3.8) is 0 Å². The van der Waals surface area contributed by atoms with Gasteiger partial charge in [0, 0.05) is 5.69 Å². The van der Waals surface area contributed by atoms with Gasteiger partial charge in [0.15, 0.2) is 6.10 Å². The molecule has 0 bridgehead atoms. The first-order valence-corrected chi connectivity index (χ1v) is 8.20. The van der Waals surface area contributed by atoms with Crippen molar-refractivity contribution in [2.45, 2.75) is 39.9 Å². The molecule has 0 radical (unpaired) electrons. The van der Waals surface area contributed by atoms with Crippen LogP contribution >= 0.6 is 0 Å². The minimum Gasteiger partial charge on any atom is -0.481 e. The Morgan fingerprint density at radius 3 is 2.28 bits per heavy atom. The van der Waals surface area contributed by atoms with Crippen LogP contribution in [0.1, 0.15) is 36.7 Å². The van der Waals surface area contributed by atoms with Crippen LogP contribution in [-0.4, -0.2) is 24.1 Å². The maximum Gasteiger partial charge on any atom is 0.338 e. The number of hydrogen-bond acceptors (Lipinski definition) is 4. The summed E-state index contributed by atoms with van der Waals surface area (Å²) in [6, 6.07) is 14.1. The summed E-state index contributed by atoms with van der Waals surface area (Å²) >= 11 is 0. The molecule has 1 N–H and O–H groups in total. The van der Waals surface area contributed by atoms with E-state index >= 15 is 0 Å². The average molecular weight is 341 g/mol. The highest BCUT2D eigenvalue weighted by molar-refractivity contribution is 5.95. The second kappa shape index (κ2) is 8.33. The van der Waals surface area contributed by atoms with Gasteiger partial charge in [-0.05, 0) is 69.7 Å². The third kappa shape index (κ3) is 5.64. The molecule has 0 aliphatic rings. The van der Waals surface area contributed by atoms with E-state index in [2.05, 4.69) is 5.32 Å². The number of carbonyl (C=O) groups is 2. The number of nitrogens with one attached hydrogen (secondary N) is 1. The maximum atomic E-state index is 12.2. The molecule has 0 saturated heterocycles. The van der Waals surface area contributed by atoms with Crippen LogP contribution in [0, 0.1) is 6.92 Å². The number of rotatable bonds is 6. The van der Waals surface area contributed by atoms with Crippen molar-refractivity contribution in [2.24, 2.45) is 0 Å². The molecule has 5 nitrogen and oxygen atoms in total. The maximum absolute atomic E-state index is 12.2. The van der Waals surface area contributed by atoms with E-state index in [1.54, 1.807) is 45.0 Å². The first-order chi connectivity index (χ1) is 11.8. The van der Waals surface area contributed by atoms with E-state index in [9.17, 15) is 9.59 Å². The largest absolute Gasteiger partial charge is 0.481 e. The molecular formula is C20H23NO4. The van der Waals surface area contributed by atoms with Crippen LogP contribution in [0.4, 0.5) is 5.69 Å². The zero-order valence-corrected chi connectivity index (χ0v) is 14.9. The lowest BCUT2D eigenvalue weighted by Gasteiger charge is -2.15. The summed E-state index contributed by atoms with van der Waals surface area (Å²) < 4.78 is 10.8. The molecule has 0 spiro atoms. The standard InChI is InChI=1S/C20H23NO4/c1-13(2)24-20(23)16-8-10-17(11-9-16)21-19(22)15(4)25-18-7-5-6-14(3)12-18/h5-13,15H,1-4H3,(H,21,22)/t15-/m0/s1. The highest BCUT2D eigenvalue weighted by atomic mass is 16.5. The summed E-state index contributed by atoms with van der Waals surface area (Å²) in [5.41, 5.74) is 2.09. The van der Waals surface area contributed by atoms with E-state index in [1.807, 2.05) is 31.2 Å². The van der Waals surface area contributed by atoms with Crippen molar-refractivity contribution in [1.82, 2.24) is 0 Å². The number of anilines is 1. The molecular weight excluding hydrogens is 318 g/mol. The lowest BCUT2D eigenvalue weighted by Crippen LogP contribution is -2.30. The predicted molar refractivity (Wildman–Crippen MR) is 96.9 cm³/mol. The van der Waals surface area contributed by atoms with Crippen LogP contribution in [-0.2, 0) is 9.53 Å². The topological polar surface area (TPSA) is 64.6 Å². The number of aryl methyl sites for hydroxylation is 1. The number of ether oxygens (including phenoxy) is 2. The van der Waals surface area contributed by atoms with Crippen molar-refractivity contribution in [3.05, 3.63) is 59.7 Å². The molecule has 0 saturated carbocycles. The van der Waals surface area contributed by atoms with E-state index < -0.39 is 6.10 Å². The van der Waals surface area contributed by atoms with E-state index in [0.29, 0.717) is 17.0 Å². The molecule has 5 heteroatoms. The Morgan fingerprint density at radius 1 is 1.00 bits per heavy atom. The first-order valence-electron chi connectivity index (χ1n) is 8.20. The van der Waals surface area contributed by atoms with E-state index in [4.69, 9.17) is 9.47 Å². The summed E-state index contributed by atoms with van der Waals surface area (Å²) in [5.74, 6) is -0.00235. The van der Waals surface area contributed by atoms with Crippen molar-refractivity contribution in [2.75, 3.05) is 5.32 Å². The SMILES string of the molecule is Cc1cccc(O[C@@H](C)C(=O)Nc2ccc(C(=O)OC(C)C)cc2)c1. The third-order valence-electron chi connectivity index (χ3n) is 3.40. The quantitative estimate of drug-likeness (QED) is 0.808. The Hall–Kier alpha value is -2.82. The lowest BCUT2D eigenvalue weighted by atomic mass is 10.2. The van der Waals surface area contributed by atoms with Crippen molar-refractivity contribution < 1.29 is 19.1 Å². The van der Waals surface area contributed by atoms with Gasteiger partial charge < -0.3 is 14.8 Å². The van der Waals surface area contributed by atoms with Gasteiger partial charge in [-0.3, -0.25) is 4.79 Å². The van der Waals surface area contributed by atoms with E-state index in [-0.39, 0.29) is 18.0 Å². The second-order valence-corrected chi connectivity index (χ2v) is 6.10. The fraction of sp³-hybridized carbons (Fsp3) is 0.300. The van der Waals surface area contributed by atoms with Crippen LogP contribution in [0.5, 0.6) is 5.75 Å². The van der Waals surface area contributed by atoms with Crippen molar-refractivity contribution in [3.8, 4) is 5.75 Å². The van der Waals surface area contributed by atoms with Gasteiger partial charge in [-0.1, -0.05) is 12.1 Å². The van der Waals surface area contributed by atoms with E-state index in [0.717, 1.165) is 5.56 Å². The molecule has 0 aliphatic carbocycles. The Kier molecular flexibility index (Phi) is 6.17. The fourth-order valence-electron chi connectivity index (χ4n) is 2.16. The average Bonchev–Trinajstić information content (AvgIpc) is 2.54. The molecule has 0 unspecified atom stereocenters. The molecule has 2 rings (SSSR count). The summed E-state index contributed by atoms with van der Waals surface area (Å²) in [5, 5.41) is 2.77. The molecule has 1 atom stereocenters. The number of esters is 1. The molecule has 132 valence electrons. The molecule has 25 heavy (non-hydrogen) atoms. The Bertz CT molecular complexity index is 738. The molecule has 2 aromatic rings. The number of amides is 1. The molecule has 0 aliphatic heterocycles. The third-order valence-corrected chi connectivity index (χ3v) is 3.40. The Morgan fingerprint density at radius 2 is 1.68 bits per heavy atom. The highest BCUT2D eigenvalue weighted by Crippen LogP contribution is 2.16. The number of carbonyl (C=O) groups excluding carboxylic acids is 2. The zero-order chi connectivity index (χ0) is 18.4. The molecule has 0 fully saturated rings. The molecule has 0 aromatic heterocycles. The normalized spacial score (nSPS) is 11.7. The van der Waals surface area contributed by atoms with Crippen LogP contribution in [0.15, 0.2) is 48.5 Å². The smallest absolute Gasteiger partial charge is 0.338 e. The number of benzene rings is 2. The zero-order valence-electron chi connectivity index (χ0n) is 14.9. The fourth-order valence-corrected chi connectivity index (χ4v) is 2.16. The van der Waals surface area contributed by atoms with Crippen LogP contribution < -0.4 is 10.1 Å². The predicted octanol–water partition coefficient (Wildman–Crippen LogP) is 3.97. The van der Waals surface area contributed by atoms with Gasteiger partial charge in [-0.15, -0.1) is 0 Å². The van der Waals surface area contributed by atoms with Crippen LogP contribution in [0.3, 0.4) is 0 Å².